The summed E-state index contributed by atoms with van der Waals surface area (Å²) in [5.74, 6) is -9.71. The molecule has 2 unspecified atom stereocenters. The van der Waals surface area contributed by atoms with E-state index < -0.39 is 40.8 Å². The molecule has 1 aromatic carbocycles. The standard InChI is InChI=1S/C12H12F5NO/c1-5-4-6(2-3-19-5)18-12-10(16)8(14)7(13)9(15)11(12)17/h5-6,18H,2-4H2,1H3. The van der Waals surface area contributed by atoms with Gasteiger partial charge in [-0.25, -0.2) is 22.0 Å². The Morgan fingerprint density at radius 2 is 1.47 bits per heavy atom. The van der Waals surface area contributed by atoms with Crippen LogP contribution in [0.15, 0.2) is 0 Å². The molecule has 1 fully saturated rings. The number of anilines is 1. The number of halogens is 5. The third-order valence-corrected chi connectivity index (χ3v) is 3.04. The second-order valence-electron chi connectivity index (χ2n) is 4.49. The van der Waals surface area contributed by atoms with Crippen LogP contribution in [0.3, 0.4) is 0 Å². The predicted molar refractivity (Wildman–Crippen MR) is 58.3 cm³/mol. The number of nitrogens with one attached hydrogen (secondary N) is 1. The Labute approximate surface area is 106 Å². The van der Waals surface area contributed by atoms with E-state index in [-0.39, 0.29) is 6.10 Å². The number of rotatable bonds is 2. The van der Waals surface area contributed by atoms with Gasteiger partial charge in [0.2, 0.25) is 5.82 Å². The molecule has 106 valence electrons. The fraction of sp³-hybridized carbons (Fsp3) is 0.500. The minimum atomic E-state index is -2.15. The number of ether oxygens (including phenoxy) is 1. The van der Waals surface area contributed by atoms with Crippen LogP contribution in [0.4, 0.5) is 27.6 Å². The first-order chi connectivity index (χ1) is 8.91. The molecule has 1 aliphatic heterocycles. The summed E-state index contributed by atoms with van der Waals surface area (Å²) in [4.78, 5) is 0. The van der Waals surface area contributed by atoms with Crippen molar-refractivity contribution >= 4 is 5.69 Å². The van der Waals surface area contributed by atoms with Gasteiger partial charge in [0.1, 0.15) is 5.69 Å². The lowest BCUT2D eigenvalue weighted by Crippen LogP contribution is -2.33. The van der Waals surface area contributed by atoms with Crippen molar-refractivity contribution in [3.63, 3.8) is 0 Å². The molecule has 0 saturated carbocycles. The Morgan fingerprint density at radius 3 is 2.00 bits per heavy atom. The van der Waals surface area contributed by atoms with E-state index >= 15 is 0 Å². The van der Waals surface area contributed by atoms with E-state index in [9.17, 15) is 22.0 Å². The van der Waals surface area contributed by atoms with Crippen molar-refractivity contribution in [3.05, 3.63) is 29.1 Å². The summed E-state index contributed by atoms with van der Waals surface area (Å²) >= 11 is 0. The van der Waals surface area contributed by atoms with Gasteiger partial charge in [0.05, 0.1) is 6.10 Å². The summed E-state index contributed by atoms with van der Waals surface area (Å²) in [5, 5.41) is 2.38. The van der Waals surface area contributed by atoms with Gasteiger partial charge < -0.3 is 10.1 Å². The Kier molecular flexibility index (Phi) is 3.93. The molecule has 0 bridgehead atoms. The lowest BCUT2D eigenvalue weighted by molar-refractivity contribution is 0.0231. The first-order valence-electron chi connectivity index (χ1n) is 5.81. The minimum Gasteiger partial charge on any atom is -0.378 e. The summed E-state index contributed by atoms with van der Waals surface area (Å²) in [5.41, 5.74) is -0.976. The molecule has 1 aromatic rings. The SMILES string of the molecule is CC1CC(Nc2c(F)c(F)c(F)c(F)c2F)CCO1. The van der Waals surface area contributed by atoms with E-state index in [0.29, 0.717) is 19.4 Å². The van der Waals surface area contributed by atoms with Crippen LogP contribution in [0, 0.1) is 29.1 Å². The van der Waals surface area contributed by atoms with Gasteiger partial charge in [-0.3, -0.25) is 0 Å². The van der Waals surface area contributed by atoms with E-state index in [1.807, 2.05) is 0 Å². The molecular formula is C12H12F5NO. The maximum atomic E-state index is 13.4. The van der Waals surface area contributed by atoms with Crippen molar-refractivity contribution in [2.45, 2.75) is 31.9 Å². The van der Waals surface area contributed by atoms with E-state index in [2.05, 4.69) is 5.32 Å². The molecule has 1 aliphatic rings. The summed E-state index contributed by atoms with van der Waals surface area (Å²) in [7, 11) is 0. The van der Waals surface area contributed by atoms with Crippen LogP contribution in [0.2, 0.25) is 0 Å². The van der Waals surface area contributed by atoms with Gasteiger partial charge in [-0.05, 0) is 19.8 Å². The van der Waals surface area contributed by atoms with Gasteiger partial charge in [-0.1, -0.05) is 0 Å². The van der Waals surface area contributed by atoms with Crippen molar-refractivity contribution < 1.29 is 26.7 Å². The first-order valence-corrected chi connectivity index (χ1v) is 5.81. The highest BCUT2D eigenvalue weighted by molar-refractivity contribution is 5.48. The summed E-state index contributed by atoms with van der Waals surface area (Å²) < 4.78 is 71.0. The molecule has 0 radical (unpaired) electrons. The fourth-order valence-corrected chi connectivity index (χ4v) is 2.06. The Balaban J connectivity index is 2.30. The van der Waals surface area contributed by atoms with Crippen LogP contribution < -0.4 is 5.32 Å². The second kappa shape index (κ2) is 5.32. The smallest absolute Gasteiger partial charge is 0.200 e. The zero-order valence-corrected chi connectivity index (χ0v) is 10.1. The van der Waals surface area contributed by atoms with Crippen LogP contribution in [-0.4, -0.2) is 18.8 Å². The molecule has 0 amide bonds. The van der Waals surface area contributed by atoms with E-state index in [1.165, 1.54) is 0 Å². The average molecular weight is 281 g/mol. The van der Waals surface area contributed by atoms with Gasteiger partial charge >= 0.3 is 0 Å². The molecule has 2 nitrogen and oxygen atoms in total. The monoisotopic (exact) mass is 281 g/mol. The van der Waals surface area contributed by atoms with Gasteiger partial charge in [0.25, 0.3) is 0 Å². The number of hydrogen-bond acceptors (Lipinski definition) is 2. The highest BCUT2D eigenvalue weighted by atomic mass is 19.2. The molecule has 0 spiro atoms. The number of hydrogen-bond donors (Lipinski definition) is 1. The molecule has 1 heterocycles. The summed E-state index contributed by atoms with van der Waals surface area (Å²) in [6.07, 6.45) is 0.732. The van der Waals surface area contributed by atoms with Crippen molar-refractivity contribution in [1.29, 1.82) is 0 Å². The maximum absolute atomic E-state index is 13.4. The van der Waals surface area contributed by atoms with Crippen molar-refractivity contribution in [2.24, 2.45) is 0 Å². The van der Waals surface area contributed by atoms with Gasteiger partial charge in [0.15, 0.2) is 23.3 Å². The van der Waals surface area contributed by atoms with Crippen molar-refractivity contribution in [3.8, 4) is 0 Å². The van der Waals surface area contributed by atoms with Crippen LogP contribution >= 0.6 is 0 Å². The fourth-order valence-electron chi connectivity index (χ4n) is 2.06. The Bertz CT molecular complexity index is 464. The van der Waals surface area contributed by atoms with Gasteiger partial charge in [0, 0.05) is 12.6 Å². The largest absolute Gasteiger partial charge is 0.378 e. The molecule has 19 heavy (non-hydrogen) atoms. The Morgan fingerprint density at radius 1 is 0.947 bits per heavy atom. The zero-order chi connectivity index (χ0) is 14.2. The lowest BCUT2D eigenvalue weighted by atomic mass is 10.0. The molecular weight excluding hydrogens is 269 g/mol. The second-order valence-corrected chi connectivity index (χ2v) is 4.49. The maximum Gasteiger partial charge on any atom is 0.200 e. The summed E-state index contributed by atoms with van der Waals surface area (Å²) in [6.45, 7) is 2.14. The van der Waals surface area contributed by atoms with Gasteiger partial charge in [-0.15, -0.1) is 0 Å². The lowest BCUT2D eigenvalue weighted by Gasteiger charge is -2.29. The highest BCUT2D eigenvalue weighted by Gasteiger charge is 2.28. The van der Waals surface area contributed by atoms with Crippen LogP contribution in [0.5, 0.6) is 0 Å². The Hall–Kier alpha value is -1.37. The van der Waals surface area contributed by atoms with Gasteiger partial charge in [-0.2, -0.15) is 0 Å². The predicted octanol–water partition coefficient (Wildman–Crippen LogP) is 3.36. The van der Waals surface area contributed by atoms with Crippen LogP contribution in [0.1, 0.15) is 19.8 Å². The quantitative estimate of drug-likeness (QED) is 0.510. The molecule has 1 saturated heterocycles. The third-order valence-electron chi connectivity index (χ3n) is 3.04. The first kappa shape index (κ1) is 14.0. The molecule has 2 rings (SSSR count). The third kappa shape index (κ3) is 2.65. The van der Waals surface area contributed by atoms with E-state index in [4.69, 9.17) is 4.74 Å². The van der Waals surface area contributed by atoms with E-state index in [0.717, 1.165) is 0 Å². The van der Waals surface area contributed by atoms with Crippen LogP contribution in [0.25, 0.3) is 0 Å². The van der Waals surface area contributed by atoms with Crippen molar-refractivity contribution in [1.82, 2.24) is 0 Å². The molecule has 0 aliphatic carbocycles. The zero-order valence-electron chi connectivity index (χ0n) is 10.1. The molecule has 7 heteroatoms. The molecule has 1 N–H and O–H groups in total. The molecule has 0 aromatic heterocycles. The number of benzene rings is 1. The average Bonchev–Trinajstić information content (AvgIpc) is 2.39. The minimum absolute atomic E-state index is 0.132. The van der Waals surface area contributed by atoms with E-state index in [1.54, 1.807) is 6.92 Å². The highest BCUT2D eigenvalue weighted by Crippen LogP contribution is 2.29. The topological polar surface area (TPSA) is 21.3 Å². The normalized spacial score (nSPS) is 23.5. The molecule has 2 atom stereocenters. The van der Waals surface area contributed by atoms with Crippen molar-refractivity contribution in [2.75, 3.05) is 11.9 Å². The van der Waals surface area contributed by atoms with Crippen LogP contribution in [-0.2, 0) is 4.74 Å². The summed E-state index contributed by atoms with van der Waals surface area (Å²) in [6, 6.07) is -0.392.